The molecule has 10 aromatic rings. The van der Waals surface area contributed by atoms with Crippen LogP contribution >= 0.6 is 27.5 Å². The first-order valence-corrected chi connectivity index (χ1v) is 42.2. The van der Waals surface area contributed by atoms with Crippen molar-refractivity contribution in [3.8, 4) is 113 Å². The molecule has 0 aliphatic carbocycles. The van der Waals surface area contributed by atoms with Gasteiger partial charge in [-0.25, -0.2) is 0 Å². The van der Waals surface area contributed by atoms with Gasteiger partial charge in [0.05, 0.1) is 70.4 Å². The molecule has 7 aliphatic rings. The van der Waals surface area contributed by atoms with Gasteiger partial charge in [-0.1, -0.05) is 157 Å². The Kier molecular flexibility index (Phi) is 35.8. The first-order chi connectivity index (χ1) is 59.1. The Bertz CT molecular complexity index is 4660. The third-order valence-electron chi connectivity index (χ3n) is 19.4. The summed E-state index contributed by atoms with van der Waals surface area (Å²) in [6.07, 6.45) is 19.1. The van der Waals surface area contributed by atoms with E-state index in [4.69, 9.17) is 83.4 Å². The van der Waals surface area contributed by atoms with Crippen LogP contribution in [0.1, 0.15) is 33.4 Å². The van der Waals surface area contributed by atoms with Crippen molar-refractivity contribution < 1.29 is 82.0 Å². The number of hydrogen-bond donors (Lipinski definition) is 4. The normalized spacial score (nSPS) is 17.6. The molecule has 0 spiro atoms. The molecule has 7 unspecified atom stereocenters. The van der Waals surface area contributed by atoms with Crippen molar-refractivity contribution in [3.63, 3.8) is 0 Å². The summed E-state index contributed by atoms with van der Waals surface area (Å²) in [7, 11) is 0. The monoisotopic (exact) mass is 1720 g/mol. The molecule has 632 valence electrons. The highest BCUT2D eigenvalue weighted by Gasteiger charge is 2.30. The first kappa shape index (κ1) is 90.6. The lowest BCUT2D eigenvalue weighted by atomic mass is 9.97. The van der Waals surface area contributed by atoms with Gasteiger partial charge in [0.15, 0.2) is 0 Å². The van der Waals surface area contributed by atoms with Crippen LogP contribution in [0, 0.1) is 0 Å². The quantitative estimate of drug-likeness (QED) is 0.0161. The fraction of sp³-hybridized carbons (Fsp3) is 0.275. The smallest absolute Gasteiger partial charge is 0.122 e. The van der Waals surface area contributed by atoms with Crippen molar-refractivity contribution in [2.24, 2.45) is 0 Å². The van der Waals surface area contributed by atoms with Crippen LogP contribution in [0.5, 0.6) is 57.5 Å². The number of aromatic hydroxyl groups is 4. The Hall–Kier alpha value is -11.1. The van der Waals surface area contributed by atoms with Gasteiger partial charge >= 0.3 is 0 Å². The second-order valence-electron chi connectivity index (χ2n) is 29.2. The van der Waals surface area contributed by atoms with E-state index in [0.717, 1.165) is 179 Å². The van der Waals surface area contributed by atoms with Crippen molar-refractivity contribution in [3.05, 3.63) is 328 Å². The zero-order valence-electron chi connectivity index (χ0n) is 68.4. The zero-order valence-corrected chi connectivity index (χ0v) is 70.7. The maximum absolute atomic E-state index is 9.79. The van der Waals surface area contributed by atoms with Gasteiger partial charge in [-0.15, -0.1) is 44.5 Å². The number of rotatable bonds is 37. The minimum Gasteiger partial charge on any atom is -0.508 e. The minimum absolute atomic E-state index is 0.242. The van der Waals surface area contributed by atoms with Crippen LogP contribution in [0.25, 0.3) is 55.6 Å². The van der Waals surface area contributed by atoms with Crippen LogP contribution in [-0.2, 0) is 71.7 Å². The van der Waals surface area contributed by atoms with Gasteiger partial charge in [-0.2, -0.15) is 0 Å². The van der Waals surface area contributed by atoms with E-state index >= 15 is 0 Å². The average molecular weight is 1720 g/mol. The Balaban J connectivity index is 0.000000147. The number of phenols is 4. The van der Waals surface area contributed by atoms with Gasteiger partial charge < -0.3 is 82.0 Å². The number of phenolic OH excluding ortho intramolecular Hbond substituents is 4. The molecule has 0 amide bonds. The Morgan fingerprint density at radius 1 is 0.289 bits per heavy atom. The predicted octanol–water partition coefficient (Wildman–Crippen LogP) is 20.8. The number of benzene rings is 10. The zero-order chi connectivity index (χ0) is 85.1. The molecule has 19 heteroatoms. The summed E-state index contributed by atoms with van der Waals surface area (Å²) in [5.74, 6) is 7.09. The van der Waals surface area contributed by atoms with Crippen LogP contribution in [0.4, 0.5) is 0 Å². The topological polar surface area (TPSA) is 224 Å². The lowest BCUT2D eigenvalue weighted by Crippen LogP contribution is -2.08. The molecule has 0 bridgehead atoms. The Morgan fingerprint density at radius 2 is 0.529 bits per heavy atom. The molecule has 7 saturated heterocycles. The van der Waals surface area contributed by atoms with Crippen LogP contribution in [0.15, 0.2) is 295 Å². The summed E-state index contributed by atoms with van der Waals surface area (Å²) < 4.78 is 71.5. The van der Waals surface area contributed by atoms with E-state index in [1.54, 1.807) is 66.8 Å². The molecule has 0 aromatic heterocycles. The Morgan fingerprint density at radius 3 is 0.777 bits per heavy atom. The molecule has 7 atom stereocenters. The molecule has 17 nitrogen and oxygen atoms in total. The molecule has 0 radical (unpaired) electrons. The van der Waals surface area contributed by atoms with Crippen molar-refractivity contribution in [1.82, 2.24) is 0 Å². The number of epoxide rings is 7. The van der Waals surface area contributed by atoms with Gasteiger partial charge in [0, 0.05) is 18.2 Å². The van der Waals surface area contributed by atoms with E-state index < -0.39 is 0 Å². The lowest BCUT2D eigenvalue weighted by molar-refractivity contribution is 0.260. The molecule has 7 aliphatic heterocycles. The highest BCUT2D eigenvalue weighted by atomic mass is 79.9. The van der Waals surface area contributed by atoms with Crippen LogP contribution in [-0.4, -0.2) is 160 Å². The van der Waals surface area contributed by atoms with E-state index in [1.807, 2.05) is 121 Å². The summed E-state index contributed by atoms with van der Waals surface area (Å²) in [5.41, 5.74) is 17.3. The fourth-order valence-corrected chi connectivity index (χ4v) is 12.4. The molecule has 7 fully saturated rings. The van der Waals surface area contributed by atoms with Gasteiger partial charge in [0.25, 0.3) is 0 Å². The van der Waals surface area contributed by atoms with Gasteiger partial charge in [-0.3, -0.25) is 0 Å². The molecule has 7 heterocycles. The van der Waals surface area contributed by atoms with E-state index in [9.17, 15) is 10.2 Å². The summed E-state index contributed by atoms with van der Waals surface area (Å²) in [5, 5.41) is 38.7. The molecule has 17 rings (SSSR count). The highest BCUT2D eigenvalue weighted by molar-refractivity contribution is 9.09. The maximum atomic E-state index is 9.79. The average Bonchev–Trinajstić information content (AvgIpc) is 1.79. The number of hydrogen-bond acceptors (Lipinski definition) is 17. The SMILES string of the molecule is C=CCBr.C=CCOc1ccc(-c2ccc(OCC=C)cc2)cc1.C=CCc1cc(-c2ccc(O)c(CC=C)c2)ccc1O.C=CCc1cc(-c2ccc(OCC3CO3)c(CC=C)c2)ccc1OCC1CO1.ClCC1CO1.Oc1ccc(-c2ccc(O)cc2)cc1.c1cc(OCC2CO2)c(CC2CO2)cc1-c1ccc(OCC2CO2)c(CC2CO2)c1. The van der Waals surface area contributed by atoms with Crippen LogP contribution < -0.4 is 28.4 Å². The number of ether oxygens (including phenoxy) is 13. The van der Waals surface area contributed by atoms with Crippen molar-refractivity contribution in [2.75, 3.05) is 97.1 Å². The van der Waals surface area contributed by atoms with E-state index in [-0.39, 0.29) is 47.4 Å². The predicted molar refractivity (Wildman–Crippen MR) is 485 cm³/mol. The summed E-state index contributed by atoms with van der Waals surface area (Å²) in [6.45, 7) is 35.0. The van der Waals surface area contributed by atoms with E-state index in [1.165, 1.54) is 22.3 Å². The third kappa shape index (κ3) is 31.4. The molecular formula is C102H108BrClO17. The number of alkyl halides is 2. The fourth-order valence-electron chi connectivity index (χ4n) is 12.2. The molecule has 10 aromatic carbocycles. The van der Waals surface area contributed by atoms with Crippen LogP contribution in [0.2, 0.25) is 0 Å². The summed E-state index contributed by atoms with van der Waals surface area (Å²) >= 11 is 8.40. The van der Waals surface area contributed by atoms with Crippen molar-refractivity contribution >= 4 is 27.5 Å². The molecule has 121 heavy (non-hydrogen) atoms. The van der Waals surface area contributed by atoms with E-state index in [2.05, 4.69) is 123 Å². The first-order valence-electron chi connectivity index (χ1n) is 40.6. The van der Waals surface area contributed by atoms with Gasteiger partial charge in [-0.05, 0) is 236 Å². The Labute approximate surface area is 724 Å². The highest BCUT2D eigenvalue weighted by Crippen LogP contribution is 2.38. The molecule has 4 N–H and O–H groups in total. The summed E-state index contributed by atoms with van der Waals surface area (Å²) in [6, 6.07) is 66.4. The number of halogens is 2. The summed E-state index contributed by atoms with van der Waals surface area (Å²) in [4.78, 5) is 0. The molecular weight excluding hydrogens is 1610 g/mol. The second kappa shape index (κ2) is 47.8. The van der Waals surface area contributed by atoms with Crippen molar-refractivity contribution in [1.29, 1.82) is 0 Å². The van der Waals surface area contributed by atoms with Gasteiger partial charge in [0.2, 0.25) is 0 Å². The number of allylic oxidation sites excluding steroid dienone is 5. The van der Waals surface area contributed by atoms with Crippen LogP contribution in [0.3, 0.4) is 0 Å². The molecule has 0 saturated carbocycles. The minimum atomic E-state index is 0.242. The maximum Gasteiger partial charge on any atom is 0.122 e. The van der Waals surface area contributed by atoms with Crippen molar-refractivity contribution in [2.45, 2.75) is 81.3 Å². The lowest BCUT2D eigenvalue weighted by Gasteiger charge is -2.15. The second-order valence-corrected chi connectivity index (χ2v) is 30.2. The van der Waals surface area contributed by atoms with Gasteiger partial charge in [0.1, 0.15) is 122 Å². The van der Waals surface area contributed by atoms with E-state index in [0.29, 0.717) is 76.7 Å². The third-order valence-corrected chi connectivity index (χ3v) is 20.2. The standard InChI is InChI=1S/C24H26O6.C24H26O4.2C18H18O2.C12H10O2.C3H5Br.C3H5ClO/c1-3-23(29-13-21-11-27-21)17(7-19-9-25-19)5-15(1)16-2-4-24(30-14-22-12-28-22)18(6-16)8-20-10-26-20;1-3-5-19-11-17(7-9-23(19)27-15-21-13-25-21)18-8-10-24(20(12-18)6-4-2)28-16-22-14-26-22;1-3-13-19-17-9-5-15(6-10-17)16-7-11-18(12-8-16)20-14-4-2;1-3-5-15-11-13(7-9-17(15)19)14-8-10-18(20)16(12-14)6-4-2;13-11-5-1-9(2-6-11)10-3-7-12(14)8-4-10;1-2-3-4;4-1-3-2-5-3/h1-6,19-22H,7-14H2;3-4,7-12,21-22H,1-2,5-6,13-16H2;3-12H,1-2,13-14H2;3-4,7-12,19-20H,1-2,5-6H2;1-8,13-14H;2H,1,3H2;3H,1-2H2. The largest absolute Gasteiger partial charge is 0.508 e.